The standard InChI is InChI=1S/C25H32N4O4/c1-25(2,3)33-24(31)29-15-19-13-28(14-20(19)16-29)21-9-18(10-26-12-21)23(30)27-11-17-7-5-6-8-22(17)32-4/h5-10,12,19-20H,11,13-16H2,1-4H3,(H,27,30)/t19-,20+. The Morgan fingerprint density at radius 2 is 1.79 bits per heavy atom. The first-order valence-corrected chi connectivity index (χ1v) is 11.3. The second-order valence-electron chi connectivity index (χ2n) is 9.74. The smallest absolute Gasteiger partial charge is 0.410 e. The fraction of sp³-hybridized carbons (Fsp3) is 0.480. The number of ether oxygens (including phenoxy) is 2. The Balaban J connectivity index is 1.35. The van der Waals surface area contributed by atoms with Gasteiger partial charge in [-0.15, -0.1) is 0 Å². The number of amides is 2. The Kier molecular flexibility index (Phi) is 6.44. The third-order valence-corrected chi connectivity index (χ3v) is 6.12. The van der Waals surface area contributed by atoms with Crippen molar-refractivity contribution in [2.75, 3.05) is 38.2 Å². The van der Waals surface area contributed by atoms with Crippen molar-refractivity contribution in [1.29, 1.82) is 0 Å². The van der Waals surface area contributed by atoms with Crippen molar-refractivity contribution in [1.82, 2.24) is 15.2 Å². The van der Waals surface area contributed by atoms with Gasteiger partial charge in [-0.2, -0.15) is 0 Å². The summed E-state index contributed by atoms with van der Waals surface area (Å²) in [7, 11) is 1.62. The SMILES string of the molecule is COc1ccccc1CNC(=O)c1cncc(N2C[C@H]3CN(C(=O)OC(C)(C)C)C[C@H]3C2)c1. The van der Waals surface area contributed by atoms with Crippen LogP contribution < -0.4 is 15.0 Å². The molecule has 0 spiro atoms. The number of carbonyl (C=O) groups is 2. The number of rotatable bonds is 5. The molecule has 2 atom stereocenters. The third-order valence-electron chi connectivity index (χ3n) is 6.12. The maximum Gasteiger partial charge on any atom is 0.410 e. The lowest BCUT2D eigenvalue weighted by Gasteiger charge is -2.26. The van der Waals surface area contributed by atoms with Crippen LogP contribution in [-0.2, 0) is 11.3 Å². The molecular weight excluding hydrogens is 420 g/mol. The fourth-order valence-corrected chi connectivity index (χ4v) is 4.53. The molecule has 3 heterocycles. The van der Waals surface area contributed by atoms with Gasteiger partial charge in [0.15, 0.2) is 0 Å². The van der Waals surface area contributed by atoms with E-state index in [-0.39, 0.29) is 12.0 Å². The number of anilines is 1. The summed E-state index contributed by atoms with van der Waals surface area (Å²) in [6, 6.07) is 9.50. The van der Waals surface area contributed by atoms with E-state index in [0.29, 0.717) is 37.0 Å². The van der Waals surface area contributed by atoms with E-state index >= 15 is 0 Å². The molecule has 2 saturated heterocycles. The van der Waals surface area contributed by atoms with Crippen molar-refractivity contribution >= 4 is 17.7 Å². The van der Waals surface area contributed by atoms with Gasteiger partial charge in [-0.05, 0) is 32.9 Å². The zero-order chi connectivity index (χ0) is 23.6. The number of hydrogen-bond donors (Lipinski definition) is 1. The van der Waals surface area contributed by atoms with Gasteiger partial charge in [0, 0.05) is 56.3 Å². The Morgan fingerprint density at radius 1 is 1.09 bits per heavy atom. The van der Waals surface area contributed by atoms with Crippen LogP contribution in [0.5, 0.6) is 5.75 Å². The summed E-state index contributed by atoms with van der Waals surface area (Å²) in [4.78, 5) is 33.5. The largest absolute Gasteiger partial charge is 0.496 e. The first-order valence-electron chi connectivity index (χ1n) is 11.3. The molecule has 8 heteroatoms. The summed E-state index contributed by atoms with van der Waals surface area (Å²) in [5.41, 5.74) is 1.88. The van der Waals surface area contributed by atoms with E-state index in [4.69, 9.17) is 9.47 Å². The minimum atomic E-state index is -0.487. The average molecular weight is 453 g/mol. The lowest BCUT2D eigenvalue weighted by Crippen LogP contribution is -2.37. The molecule has 1 aromatic carbocycles. The number of benzene rings is 1. The highest BCUT2D eigenvalue weighted by Gasteiger charge is 2.42. The number of aromatic nitrogens is 1. The highest BCUT2D eigenvalue weighted by molar-refractivity contribution is 5.94. The number of methoxy groups -OCH3 is 1. The zero-order valence-electron chi connectivity index (χ0n) is 19.7. The van der Waals surface area contributed by atoms with Crippen molar-refractivity contribution in [3.05, 3.63) is 53.9 Å². The molecule has 0 bridgehead atoms. The summed E-state index contributed by atoms with van der Waals surface area (Å²) in [6.45, 7) is 9.09. The summed E-state index contributed by atoms with van der Waals surface area (Å²) in [5.74, 6) is 1.35. The lowest BCUT2D eigenvalue weighted by molar-refractivity contribution is 0.0282. The molecule has 1 N–H and O–H groups in total. The number of fused-ring (bicyclic) bond motifs is 1. The predicted octanol–water partition coefficient (Wildman–Crippen LogP) is 3.32. The number of carbonyl (C=O) groups excluding carboxylic acids is 2. The molecule has 4 rings (SSSR count). The van der Waals surface area contributed by atoms with E-state index in [1.54, 1.807) is 19.5 Å². The topological polar surface area (TPSA) is 84.0 Å². The summed E-state index contributed by atoms with van der Waals surface area (Å²) < 4.78 is 10.9. The van der Waals surface area contributed by atoms with Crippen molar-refractivity contribution in [2.24, 2.45) is 11.8 Å². The number of pyridine rings is 1. The van der Waals surface area contributed by atoms with Crippen LogP contribution in [0, 0.1) is 11.8 Å². The molecule has 2 fully saturated rings. The van der Waals surface area contributed by atoms with Crippen LogP contribution >= 0.6 is 0 Å². The molecule has 0 saturated carbocycles. The van der Waals surface area contributed by atoms with Crippen LogP contribution in [0.2, 0.25) is 0 Å². The summed E-state index contributed by atoms with van der Waals surface area (Å²) in [6.07, 6.45) is 3.14. The van der Waals surface area contributed by atoms with Gasteiger partial charge < -0.3 is 24.6 Å². The average Bonchev–Trinajstić information content (AvgIpc) is 3.36. The van der Waals surface area contributed by atoms with Crippen molar-refractivity contribution in [2.45, 2.75) is 32.9 Å². The normalized spacial score (nSPS) is 19.9. The van der Waals surface area contributed by atoms with Gasteiger partial charge in [0.2, 0.25) is 0 Å². The molecule has 2 aliphatic heterocycles. The Bertz CT molecular complexity index is 1010. The molecule has 1 aromatic heterocycles. The molecule has 2 aliphatic rings. The van der Waals surface area contributed by atoms with Crippen molar-refractivity contribution < 1.29 is 19.1 Å². The highest BCUT2D eigenvalue weighted by atomic mass is 16.6. The van der Waals surface area contributed by atoms with E-state index in [9.17, 15) is 9.59 Å². The molecule has 2 aromatic rings. The highest BCUT2D eigenvalue weighted by Crippen LogP contribution is 2.34. The molecule has 0 radical (unpaired) electrons. The summed E-state index contributed by atoms with van der Waals surface area (Å²) in [5, 5.41) is 2.95. The number of hydrogen-bond acceptors (Lipinski definition) is 6. The second kappa shape index (κ2) is 9.29. The van der Waals surface area contributed by atoms with Crippen LogP contribution in [0.4, 0.5) is 10.5 Å². The Labute approximate surface area is 194 Å². The van der Waals surface area contributed by atoms with Gasteiger partial charge in [-0.25, -0.2) is 4.79 Å². The first-order chi connectivity index (χ1) is 15.7. The molecule has 8 nitrogen and oxygen atoms in total. The van der Waals surface area contributed by atoms with Gasteiger partial charge in [0.25, 0.3) is 5.91 Å². The van der Waals surface area contributed by atoms with Gasteiger partial charge in [-0.1, -0.05) is 18.2 Å². The van der Waals surface area contributed by atoms with Gasteiger partial charge in [0.05, 0.1) is 24.6 Å². The van der Waals surface area contributed by atoms with Crippen molar-refractivity contribution in [3.63, 3.8) is 0 Å². The molecule has 0 aliphatic carbocycles. The minimum absolute atomic E-state index is 0.175. The molecule has 33 heavy (non-hydrogen) atoms. The lowest BCUT2D eigenvalue weighted by atomic mass is 10.0. The third kappa shape index (κ3) is 5.38. The minimum Gasteiger partial charge on any atom is -0.496 e. The zero-order valence-corrected chi connectivity index (χ0v) is 19.7. The maximum atomic E-state index is 12.7. The molecule has 176 valence electrons. The second-order valence-corrected chi connectivity index (χ2v) is 9.74. The number of para-hydroxylation sites is 1. The quantitative estimate of drug-likeness (QED) is 0.749. The number of likely N-dealkylation sites (tertiary alicyclic amines) is 1. The Hall–Kier alpha value is -3.29. The fourth-order valence-electron chi connectivity index (χ4n) is 4.53. The van der Waals surface area contributed by atoms with Crippen LogP contribution in [0.3, 0.4) is 0 Å². The van der Waals surface area contributed by atoms with E-state index in [1.807, 2.05) is 56.0 Å². The van der Waals surface area contributed by atoms with E-state index in [1.165, 1.54) is 0 Å². The summed E-state index contributed by atoms with van der Waals surface area (Å²) >= 11 is 0. The maximum absolute atomic E-state index is 12.7. The van der Waals surface area contributed by atoms with E-state index in [0.717, 1.165) is 30.1 Å². The van der Waals surface area contributed by atoms with Gasteiger partial charge >= 0.3 is 6.09 Å². The number of nitrogens with one attached hydrogen (secondary N) is 1. The van der Waals surface area contributed by atoms with Crippen LogP contribution in [0.1, 0.15) is 36.7 Å². The van der Waals surface area contributed by atoms with E-state index < -0.39 is 5.60 Å². The predicted molar refractivity (Wildman–Crippen MR) is 125 cm³/mol. The molecular formula is C25H32N4O4. The number of nitrogens with zero attached hydrogens (tertiary/aromatic N) is 3. The Morgan fingerprint density at radius 3 is 2.45 bits per heavy atom. The van der Waals surface area contributed by atoms with Crippen LogP contribution in [0.25, 0.3) is 0 Å². The van der Waals surface area contributed by atoms with Crippen LogP contribution in [-0.4, -0.2) is 60.8 Å². The first kappa shape index (κ1) is 22.9. The molecule has 0 unspecified atom stereocenters. The van der Waals surface area contributed by atoms with Gasteiger partial charge in [-0.3, -0.25) is 9.78 Å². The van der Waals surface area contributed by atoms with E-state index in [2.05, 4.69) is 15.2 Å². The van der Waals surface area contributed by atoms with Crippen LogP contribution in [0.15, 0.2) is 42.7 Å². The monoisotopic (exact) mass is 452 g/mol. The van der Waals surface area contributed by atoms with Gasteiger partial charge in [0.1, 0.15) is 11.4 Å². The van der Waals surface area contributed by atoms with Crippen molar-refractivity contribution in [3.8, 4) is 5.75 Å². The molecule has 2 amide bonds.